The van der Waals surface area contributed by atoms with Gasteiger partial charge in [0.25, 0.3) is 5.91 Å². The summed E-state index contributed by atoms with van der Waals surface area (Å²) in [6.45, 7) is 4.29. The van der Waals surface area contributed by atoms with E-state index in [1.54, 1.807) is 0 Å². The van der Waals surface area contributed by atoms with Crippen molar-refractivity contribution < 1.29 is 14.3 Å². The third-order valence-electron chi connectivity index (χ3n) is 6.01. The van der Waals surface area contributed by atoms with Gasteiger partial charge in [-0.25, -0.2) is 9.78 Å². The van der Waals surface area contributed by atoms with Gasteiger partial charge in [-0.05, 0) is 54.0 Å². The molecule has 3 aromatic heterocycles. The first-order chi connectivity index (χ1) is 16.4. The quantitative estimate of drug-likeness (QED) is 0.337. The van der Waals surface area contributed by atoms with Gasteiger partial charge in [-0.1, -0.05) is 38.1 Å². The first-order valence-corrected chi connectivity index (χ1v) is 12.8. The summed E-state index contributed by atoms with van der Waals surface area (Å²) in [5, 5.41) is 4.22. The number of nitrogen functional groups attached to an aromatic ring is 1. The van der Waals surface area contributed by atoms with Crippen molar-refractivity contribution in [3.05, 3.63) is 63.7 Å². The van der Waals surface area contributed by atoms with Gasteiger partial charge < -0.3 is 15.8 Å². The number of nitrogens with two attached hydrogens (primary N) is 1. The minimum Gasteiger partial charge on any atom is -0.465 e. The smallest absolute Gasteiger partial charge is 0.341 e. The average molecular weight is 492 g/mol. The second-order valence-corrected chi connectivity index (χ2v) is 10.8. The van der Waals surface area contributed by atoms with Gasteiger partial charge in [-0.15, -0.1) is 22.7 Å². The lowest BCUT2D eigenvalue weighted by Crippen LogP contribution is -2.15. The number of methoxy groups -OCH3 is 1. The molecule has 0 aliphatic heterocycles. The van der Waals surface area contributed by atoms with Crippen molar-refractivity contribution in [3.8, 4) is 10.4 Å². The molecular weight excluding hydrogens is 466 g/mol. The zero-order chi connectivity index (χ0) is 24.0. The highest BCUT2D eigenvalue weighted by Crippen LogP contribution is 2.46. The molecule has 0 fully saturated rings. The fourth-order valence-corrected chi connectivity index (χ4v) is 6.74. The SMILES string of the molecule is COC(=O)c1c(NC(=O)c2sc3nc(CC(C)C)ccc3c2N)sc2c1CCc1ccccc1-2. The van der Waals surface area contributed by atoms with Crippen LogP contribution in [0.1, 0.15) is 50.7 Å². The summed E-state index contributed by atoms with van der Waals surface area (Å²) in [6.07, 6.45) is 2.42. The fourth-order valence-electron chi connectivity index (χ4n) is 4.44. The van der Waals surface area contributed by atoms with Crippen LogP contribution in [0.25, 0.3) is 20.7 Å². The molecule has 5 rings (SSSR count). The largest absolute Gasteiger partial charge is 0.465 e. The van der Waals surface area contributed by atoms with Crippen molar-refractivity contribution in [1.29, 1.82) is 0 Å². The molecule has 0 radical (unpaired) electrons. The molecule has 1 aromatic carbocycles. The van der Waals surface area contributed by atoms with Crippen LogP contribution in [0.15, 0.2) is 36.4 Å². The van der Waals surface area contributed by atoms with E-state index in [1.165, 1.54) is 35.3 Å². The Labute approximate surface area is 205 Å². The van der Waals surface area contributed by atoms with E-state index in [4.69, 9.17) is 15.5 Å². The lowest BCUT2D eigenvalue weighted by molar-refractivity contribution is 0.0601. The summed E-state index contributed by atoms with van der Waals surface area (Å²) in [7, 11) is 1.36. The number of pyridine rings is 1. The molecule has 6 nitrogen and oxygen atoms in total. The Balaban J connectivity index is 1.53. The molecule has 3 N–H and O–H groups in total. The predicted molar refractivity (Wildman–Crippen MR) is 139 cm³/mol. The number of fused-ring (bicyclic) bond motifs is 4. The van der Waals surface area contributed by atoms with Gasteiger partial charge in [-0.2, -0.15) is 0 Å². The molecule has 8 heteroatoms. The number of thiophene rings is 2. The van der Waals surface area contributed by atoms with E-state index in [0.29, 0.717) is 27.0 Å². The van der Waals surface area contributed by atoms with Crippen molar-refractivity contribution in [3.63, 3.8) is 0 Å². The molecule has 0 unspecified atom stereocenters. The molecular formula is C26H25N3O3S2. The number of nitrogens with one attached hydrogen (secondary N) is 1. The van der Waals surface area contributed by atoms with Crippen LogP contribution in [0, 0.1) is 5.92 Å². The van der Waals surface area contributed by atoms with Crippen LogP contribution in [-0.2, 0) is 24.0 Å². The molecule has 0 spiro atoms. The molecule has 0 saturated heterocycles. The highest BCUT2D eigenvalue weighted by atomic mass is 32.1. The van der Waals surface area contributed by atoms with Crippen LogP contribution in [0.2, 0.25) is 0 Å². The Hall–Kier alpha value is -3.23. The maximum atomic E-state index is 13.3. The topological polar surface area (TPSA) is 94.3 Å². The molecule has 0 saturated carbocycles. The zero-order valence-electron chi connectivity index (χ0n) is 19.2. The number of aryl methyl sites for hydroxylation is 1. The highest BCUT2D eigenvalue weighted by Gasteiger charge is 2.30. The van der Waals surface area contributed by atoms with E-state index in [1.807, 2.05) is 24.3 Å². The molecule has 174 valence electrons. The minimum absolute atomic E-state index is 0.344. The summed E-state index contributed by atoms with van der Waals surface area (Å²) in [6, 6.07) is 12.1. The number of carbonyl (C=O) groups is 2. The second kappa shape index (κ2) is 8.85. The maximum absolute atomic E-state index is 13.3. The standard InChI is InChI=1S/C26H25N3O3S2/c1-13(2)12-15-9-11-18-20(27)22(34-24(18)28-15)23(30)29-25-19(26(31)32-3)17-10-8-14-6-4-5-7-16(14)21(17)33-25/h4-7,9,11,13H,8,10,12,27H2,1-3H3,(H,29,30). The van der Waals surface area contributed by atoms with Crippen LogP contribution in [-0.4, -0.2) is 24.0 Å². The monoisotopic (exact) mass is 491 g/mol. The highest BCUT2D eigenvalue weighted by molar-refractivity contribution is 7.22. The van der Waals surface area contributed by atoms with E-state index in [2.05, 4.69) is 31.3 Å². The number of amides is 1. The molecule has 1 aliphatic carbocycles. The van der Waals surface area contributed by atoms with E-state index in [9.17, 15) is 9.59 Å². The van der Waals surface area contributed by atoms with Gasteiger partial charge in [0.05, 0.1) is 18.4 Å². The van der Waals surface area contributed by atoms with Crippen LogP contribution in [0.3, 0.4) is 0 Å². The Bertz CT molecular complexity index is 1430. The second-order valence-electron chi connectivity index (χ2n) is 8.81. The third kappa shape index (κ3) is 3.86. The number of hydrogen-bond donors (Lipinski definition) is 2. The lowest BCUT2D eigenvalue weighted by Gasteiger charge is -2.16. The molecule has 0 atom stereocenters. The number of ether oxygens (including phenoxy) is 1. The average Bonchev–Trinajstić information content (AvgIpc) is 3.35. The summed E-state index contributed by atoms with van der Waals surface area (Å²) in [4.78, 5) is 32.9. The van der Waals surface area contributed by atoms with Crippen LogP contribution < -0.4 is 11.1 Å². The summed E-state index contributed by atoms with van der Waals surface area (Å²) in [5.74, 6) is -0.309. The number of nitrogens with zero attached hydrogens (tertiary/aromatic N) is 1. The van der Waals surface area contributed by atoms with Gasteiger partial charge in [0.1, 0.15) is 14.7 Å². The molecule has 0 bridgehead atoms. The molecule has 4 aromatic rings. The van der Waals surface area contributed by atoms with Crippen molar-refractivity contribution in [2.45, 2.75) is 33.1 Å². The maximum Gasteiger partial charge on any atom is 0.341 e. The van der Waals surface area contributed by atoms with Gasteiger partial charge >= 0.3 is 5.97 Å². The van der Waals surface area contributed by atoms with Crippen molar-refractivity contribution in [2.24, 2.45) is 5.92 Å². The van der Waals surface area contributed by atoms with E-state index in [-0.39, 0.29) is 5.91 Å². The van der Waals surface area contributed by atoms with Gasteiger partial charge in [0.2, 0.25) is 0 Å². The number of rotatable bonds is 5. The van der Waals surface area contributed by atoms with Crippen LogP contribution >= 0.6 is 22.7 Å². The summed E-state index contributed by atoms with van der Waals surface area (Å²) < 4.78 is 5.08. The Morgan fingerprint density at radius 2 is 1.94 bits per heavy atom. The van der Waals surface area contributed by atoms with Gasteiger partial charge in [0, 0.05) is 16.0 Å². The minimum atomic E-state index is -0.448. The number of carbonyl (C=O) groups excluding carboxylic acids is 2. The molecule has 34 heavy (non-hydrogen) atoms. The normalized spacial score (nSPS) is 12.5. The van der Waals surface area contributed by atoms with Crippen molar-refractivity contribution in [1.82, 2.24) is 4.98 Å². The van der Waals surface area contributed by atoms with E-state index >= 15 is 0 Å². The fraction of sp³-hybridized carbons (Fsp3) is 0.269. The van der Waals surface area contributed by atoms with Crippen molar-refractivity contribution >= 4 is 55.5 Å². The first-order valence-electron chi connectivity index (χ1n) is 11.2. The molecule has 1 aliphatic rings. The Morgan fingerprint density at radius 1 is 1.15 bits per heavy atom. The number of hydrogen-bond acceptors (Lipinski definition) is 7. The molecule has 3 heterocycles. The summed E-state index contributed by atoms with van der Waals surface area (Å²) >= 11 is 2.68. The van der Waals surface area contributed by atoms with E-state index in [0.717, 1.165) is 51.2 Å². The number of anilines is 2. The van der Waals surface area contributed by atoms with Gasteiger partial charge in [-0.3, -0.25) is 4.79 Å². The summed E-state index contributed by atoms with van der Waals surface area (Å²) in [5.41, 5.74) is 11.4. The Morgan fingerprint density at radius 3 is 2.71 bits per heavy atom. The zero-order valence-corrected chi connectivity index (χ0v) is 20.9. The Kier molecular flexibility index (Phi) is 5.87. The number of esters is 1. The van der Waals surface area contributed by atoms with Crippen LogP contribution in [0.4, 0.5) is 10.7 Å². The van der Waals surface area contributed by atoms with Crippen LogP contribution in [0.5, 0.6) is 0 Å². The first kappa shape index (κ1) is 22.6. The lowest BCUT2D eigenvalue weighted by atomic mass is 9.89. The van der Waals surface area contributed by atoms with E-state index < -0.39 is 5.97 Å². The molecule has 1 amide bonds. The van der Waals surface area contributed by atoms with Gasteiger partial charge in [0.15, 0.2) is 0 Å². The third-order valence-corrected chi connectivity index (χ3v) is 8.30. The predicted octanol–water partition coefficient (Wildman–Crippen LogP) is 5.94. The number of benzene rings is 1. The van der Waals surface area contributed by atoms with Crippen molar-refractivity contribution in [2.75, 3.05) is 18.2 Å². The number of aromatic nitrogens is 1.